The van der Waals surface area contributed by atoms with E-state index in [1.807, 2.05) is 20.1 Å². The Bertz CT molecular complexity index is 301. The Morgan fingerprint density at radius 1 is 1.65 bits per heavy atom. The molecular weight excluding hydrogens is 260 g/mol. The zero-order valence-corrected chi connectivity index (χ0v) is 11.8. The molecule has 0 aromatic rings. The topological polar surface area (TPSA) is 69.6 Å². The summed E-state index contributed by atoms with van der Waals surface area (Å²) in [5.74, 6) is -0.475. The molecule has 7 heteroatoms. The van der Waals surface area contributed by atoms with Gasteiger partial charge in [0.2, 0.25) is 0 Å². The molecule has 0 saturated carbocycles. The van der Waals surface area contributed by atoms with Crippen LogP contribution in [0.2, 0.25) is 0 Å². The van der Waals surface area contributed by atoms with Crippen molar-refractivity contribution in [3.05, 3.63) is 0 Å². The average molecular weight is 278 g/mol. The Labute approximate surface area is 110 Å². The molecule has 3 unspecified atom stereocenters. The molecule has 0 bridgehead atoms. The Hall–Kier alpha value is -0.560. The summed E-state index contributed by atoms with van der Waals surface area (Å²) in [4.78, 5) is 24.4. The van der Waals surface area contributed by atoms with Crippen molar-refractivity contribution in [2.75, 3.05) is 18.6 Å². The summed E-state index contributed by atoms with van der Waals surface area (Å²) >= 11 is 3.15. The SMILES string of the molecule is CSC(C)CNC(=O)N1C(C)SCC1C(=O)O. The smallest absolute Gasteiger partial charge is 0.327 e. The summed E-state index contributed by atoms with van der Waals surface area (Å²) in [6.45, 7) is 4.42. The first-order valence-corrected chi connectivity index (χ1v) is 7.74. The van der Waals surface area contributed by atoms with Crippen molar-refractivity contribution in [1.82, 2.24) is 10.2 Å². The number of rotatable bonds is 4. The van der Waals surface area contributed by atoms with Gasteiger partial charge in [-0.1, -0.05) is 6.92 Å². The largest absolute Gasteiger partial charge is 0.480 e. The normalized spacial score (nSPS) is 25.7. The Morgan fingerprint density at radius 2 is 2.29 bits per heavy atom. The number of carbonyl (C=O) groups is 2. The number of carbonyl (C=O) groups excluding carboxylic acids is 1. The second-order valence-electron chi connectivity index (χ2n) is 3.93. The van der Waals surface area contributed by atoms with Crippen LogP contribution in [-0.4, -0.2) is 57.2 Å². The van der Waals surface area contributed by atoms with Gasteiger partial charge < -0.3 is 10.4 Å². The quantitative estimate of drug-likeness (QED) is 0.811. The van der Waals surface area contributed by atoms with E-state index in [1.165, 1.54) is 16.7 Å². The molecule has 0 aromatic carbocycles. The fourth-order valence-corrected chi connectivity index (χ4v) is 2.96. The van der Waals surface area contributed by atoms with E-state index in [4.69, 9.17) is 5.11 Å². The number of nitrogens with zero attached hydrogens (tertiary/aromatic N) is 1. The van der Waals surface area contributed by atoms with Gasteiger partial charge in [0, 0.05) is 17.5 Å². The molecule has 1 heterocycles. The molecule has 3 atom stereocenters. The minimum atomic E-state index is -0.935. The van der Waals surface area contributed by atoms with Crippen LogP contribution in [0.4, 0.5) is 4.79 Å². The van der Waals surface area contributed by atoms with Gasteiger partial charge in [-0.05, 0) is 13.2 Å². The predicted octanol–water partition coefficient (Wildman–Crippen LogP) is 1.30. The summed E-state index contributed by atoms with van der Waals surface area (Å²) in [5.41, 5.74) is 0. The van der Waals surface area contributed by atoms with Crippen LogP contribution in [0.15, 0.2) is 0 Å². The summed E-state index contributed by atoms with van der Waals surface area (Å²) in [7, 11) is 0. The van der Waals surface area contributed by atoms with Crippen LogP contribution < -0.4 is 5.32 Å². The third-order valence-corrected chi connectivity index (χ3v) is 4.87. The maximum absolute atomic E-state index is 11.9. The predicted molar refractivity (Wildman–Crippen MR) is 71.6 cm³/mol. The lowest BCUT2D eigenvalue weighted by molar-refractivity contribution is -0.141. The van der Waals surface area contributed by atoms with Gasteiger partial charge in [-0.25, -0.2) is 9.59 Å². The highest BCUT2D eigenvalue weighted by Gasteiger charge is 2.39. The van der Waals surface area contributed by atoms with Gasteiger partial charge in [0.05, 0.1) is 5.37 Å². The highest BCUT2D eigenvalue weighted by molar-refractivity contribution is 8.00. The van der Waals surface area contributed by atoms with E-state index in [1.54, 1.807) is 11.8 Å². The lowest BCUT2D eigenvalue weighted by Gasteiger charge is -2.25. The maximum atomic E-state index is 11.9. The Kier molecular flexibility index (Phi) is 5.45. The number of hydrogen-bond donors (Lipinski definition) is 2. The van der Waals surface area contributed by atoms with Crippen LogP contribution in [0.5, 0.6) is 0 Å². The number of aliphatic carboxylic acids is 1. The van der Waals surface area contributed by atoms with E-state index >= 15 is 0 Å². The molecule has 5 nitrogen and oxygen atoms in total. The summed E-state index contributed by atoms with van der Waals surface area (Å²) in [6.07, 6.45) is 1.98. The van der Waals surface area contributed by atoms with Gasteiger partial charge in [-0.2, -0.15) is 11.8 Å². The van der Waals surface area contributed by atoms with Gasteiger partial charge in [0.25, 0.3) is 0 Å². The third kappa shape index (κ3) is 3.70. The van der Waals surface area contributed by atoms with E-state index in [2.05, 4.69) is 5.32 Å². The van der Waals surface area contributed by atoms with Crippen molar-refractivity contribution in [3.63, 3.8) is 0 Å². The van der Waals surface area contributed by atoms with Gasteiger partial charge in [0.1, 0.15) is 6.04 Å². The molecule has 1 fully saturated rings. The van der Waals surface area contributed by atoms with E-state index in [0.29, 0.717) is 17.5 Å². The second-order valence-corrected chi connectivity index (χ2v) is 6.55. The molecule has 2 N–H and O–H groups in total. The van der Waals surface area contributed by atoms with Gasteiger partial charge in [-0.15, -0.1) is 11.8 Å². The minimum absolute atomic E-state index is 0.0827. The molecule has 0 spiro atoms. The molecule has 0 aromatic heterocycles. The van der Waals surface area contributed by atoms with Crippen LogP contribution in [0.25, 0.3) is 0 Å². The first-order valence-electron chi connectivity index (χ1n) is 5.40. The van der Waals surface area contributed by atoms with E-state index < -0.39 is 12.0 Å². The number of thioether (sulfide) groups is 2. The van der Waals surface area contributed by atoms with Crippen LogP contribution in [0.3, 0.4) is 0 Å². The van der Waals surface area contributed by atoms with Crippen LogP contribution in [-0.2, 0) is 4.79 Å². The van der Waals surface area contributed by atoms with E-state index in [0.717, 1.165) is 0 Å². The highest BCUT2D eigenvalue weighted by atomic mass is 32.2. The zero-order valence-electron chi connectivity index (χ0n) is 10.2. The monoisotopic (exact) mass is 278 g/mol. The molecule has 0 aliphatic carbocycles. The number of urea groups is 1. The summed E-state index contributed by atoms with van der Waals surface area (Å²) in [5, 5.41) is 12.1. The molecule has 2 amide bonds. The average Bonchev–Trinajstić information content (AvgIpc) is 2.67. The number of carboxylic acid groups (broad SMARTS) is 1. The standard InChI is InChI=1S/C10H18N2O3S2/c1-6(16-3)4-11-10(15)12-7(2)17-5-8(12)9(13)14/h6-8H,4-5H2,1-3H3,(H,11,15)(H,13,14). The molecule has 0 radical (unpaired) electrons. The molecule has 17 heavy (non-hydrogen) atoms. The second kappa shape index (κ2) is 6.39. The number of nitrogens with one attached hydrogen (secondary N) is 1. The number of hydrogen-bond acceptors (Lipinski definition) is 4. The molecule has 1 aliphatic heterocycles. The van der Waals surface area contributed by atoms with Crippen molar-refractivity contribution in [2.24, 2.45) is 0 Å². The molecular formula is C10H18N2O3S2. The van der Waals surface area contributed by atoms with Crippen molar-refractivity contribution in [2.45, 2.75) is 30.5 Å². The minimum Gasteiger partial charge on any atom is -0.480 e. The van der Waals surface area contributed by atoms with Gasteiger partial charge >= 0.3 is 12.0 Å². The summed E-state index contributed by atoms with van der Waals surface area (Å²) in [6, 6.07) is -0.990. The van der Waals surface area contributed by atoms with Crippen molar-refractivity contribution < 1.29 is 14.7 Å². The third-order valence-electron chi connectivity index (χ3n) is 2.69. The van der Waals surface area contributed by atoms with E-state index in [9.17, 15) is 9.59 Å². The Balaban J connectivity index is 2.56. The lowest BCUT2D eigenvalue weighted by atomic mass is 10.3. The number of amides is 2. The van der Waals surface area contributed by atoms with Crippen LogP contribution >= 0.6 is 23.5 Å². The van der Waals surface area contributed by atoms with E-state index in [-0.39, 0.29) is 11.4 Å². The van der Waals surface area contributed by atoms with Crippen LogP contribution in [0, 0.1) is 0 Å². The fraction of sp³-hybridized carbons (Fsp3) is 0.800. The lowest BCUT2D eigenvalue weighted by Crippen LogP contribution is -2.50. The molecule has 98 valence electrons. The zero-order chi connectivity index (χ0) is 13.0. The molecule has 1 aliphatic rings. The van der Waals surface area contributed by atoms with Crippen molar-refractivity contribution in [3.8, 4) is 0 Å². The van der Waals surface area contributed by atoms with Crippen LogP contribution in [0.1, 0.15) is 13.8 Å². The number of carboxylic acids is 1. The highest BCUT2D eigenvalue weighted by Crippen LogP contribution is 2.28. The first-order chi connectivity index (χ1) is 7.97. The molecule has 1 saturated heterocycles. The van der Waals surface area contributed by atoms with Gasteiger partial charge in [0.15, 0.2) is 0 Å². The summed E-state index contributed by atoms with van der Waals surface area (Å²) < 4.78 is 0. The first kappa shape index (κ1) is 14.5. The molecule has 1 rings (SSSR count). The Morgan fingerprint density at radius 3 is 2.82 bits per heavy atom. The van der Waals surface area contributed by atoms with Gasteiger partial charge in [-0.3, -0.25) is 4.90 Å². The van der Waals surface area contributed by atoms with Crippen molar-refractivity contribution >= 4 is 35.5 Å². The van der Waals surface area contributed by atoms with Crippen molar-refractivity contribution in [1.29, 1.82) is 0 Å². The fourth-order valence-electron chi connectivity index (χ4n) is 1.55. The maximum Gasteiger partial charge on any atom is 0.327 e.